The third-order valence-electron chi connectivity index (χ3n) is 5.12. The molecular formula is C24H26FN3O4S. The van der Waals surface area contributed by atoms with Gasteiger partial charge in [-0.1, -0.05) is 43.3 Å². The summed E-state index contributed by atoms with van der Waals surface area (Å²) in [5.41, 5.74) is 1.83. The van der Waals surface area contributed by atoms with E-state index in [-0.39, 0.29) is 13.0 Å². The van der Waals surface area contributed by atoms with Gasteiger partial charge >= 0.3 is 0 Å². The fourth-order valence-electron chi connectivity index (χ4n) is 3.47. The van der Waals surface area contributed by atoms with E-state index < -0.39 is 33.7 Å². The molecule has 0 bridgehead atoms. The predicted octanol–water partition coefficient (Wildman–Crippen LogP) is 3.22. The van der Waals surface area contributed by atoms with Crippen molar-refractivity contribution in [2.45, 2.75) is 25.8 Å². The van der Waals surface area contributed by atoms with Crippen LogP contribution in [0, 0.1) is 5.82 Å². The van der Waals surface area contributed by atoms with Crippen LogP contribution < -0.4 is 15.4 Å². The van der Waals surface area contributed by atoms with E-state index in [0.717, 1.165) is 22.6 Å². The average molecular weight is 472 g/mol. The van der Waals surface area contributed by atoms with Crippen molar-refractivity contribution in [2.24, 2.45) is 0 Å². The molecule has 3 rings (SSSR count). The minimum absolute atomic E-state index is 0.0837. The number of halogens is 1. The maximum absolute atomic E-state index is 13.6. The van der Waals surface area contributed by atoms with Crippen LogP contribution in [0.5, 0.6) is 0 Å². The lowest BCUT2D eigenvalue weighted by molar-refractivity contribution is -0.121. The van der Waals surface area contributed by atoms with Crippen molar-refractivity contribution in [3.63, 3.8) is 0 Å². The van der Waals surface area contributed by atoms with Gasteiger partial charge in [-0.15, -0.1) is 0 Å². The Morgan fingerprint density at radius 3 is 2.42 bits per heavy atom. The summed E-state index contributed by atoms with van der Waals surface area (Å²) in [5, 5.41) is 7.51. The summed E-state index contributed by atoms with van der Waals surface area (Å²) < 4.78 is 38.7. The zero-order valence-corrected chi connectivity index (χ0v) is 19.2. The Morgan fingerprint density at radius 1 is 1.00 bits per heavy atom. The summed E-state index contributed by atoms with van der Waals surface area (Å²) >= 11 is 0. The SMILES string of the molecule is CCc1ccc(F)cc1NCCC(NC(=O)c1ccc2ccccc2c1)C(=O)NS(C)(=O)=O. The second-order valence-corrected chi connectivity index (χ2v) is 9.45. The minimum Gasteiger partial charge on any atom is -0.385 e. The van der Waals surface area contributed by atoms with E-state index in [4.69, 9.17) is 0 Å². The number of benzene rings is 3. The zero-order valence-electron chi connectivity index (χ0n) is 18.4. The molecule has 0 spiro atoms. The number of sulfonamides is 1. The second kappa shape index (κ2) is 10.4. The third kappa shape index (κ3) is 6.76. The molecule has 174 valence electrons. The van der Waals surface area contributed by atoms with E-state index in [1.807, 2.05) is 35.9 Å². The van der Waals surface area contributed by atoms with Crippen LogP contribution in [0.2, 0.25) is 0 Å². The Labute approximate surface area is 192 Å². The van der Waals surface area contributed by atoms with Gasteiger partial charge in [-0.25, -0.2) is 12.8 Å². The Bertz CT molecular complexity index is 1280. The summed E-state index contributed by atoms with van der Waals surface area (Å²) in [6.45, 7) is 2.14. The van der Waals surface area contributed by atoms with Gasteiger partial charge in [0.2, 0.25) is 10.0 Å². The first-order valence-electron chi connectivity index (χ1n) is 10.5. The highest BCUT2D eigenvalue weighted by Gasteiger charge is 2.24. The van der Waals surface area contributed by atoms with Gasteiger partial charge in [0, 0.05) is 17.8 Å². The molecule has 0 aliphatic rings. The lowest BCUT2D eigenvalue weighted by Crippen LogP contribution is -2.48. The van der Waals surface area contributed by atoms with E-state index in [9.17, 15) is 22.4 Å². The molecule has 2 amide bonds. The van der Waals surface area contributed by atoms with E-state index in [1.54, 1.807) is 24.3 Å². The maximum Gasteiger partial charge on any atom is 0.256 e. The molecule has 0 aliphatic carbocycles. The van der Waals surface area contributed by atoms with Crippen molar-refractivity contribution in [3.8, 4) is 0 Å². The number of hydrogen-bond donors (Lipinski definition) is 3. The van der Waals surface area contributed by atoms with Crippen LogP contribution in [0.15, 0.2) is 60.7 Å². The van der Waals surface area contributed by atoms with Gasteiger partial charge in [0.15, 0.2) is 0 Å². The first-order valence-corrected chi connectivity index (χ1v) is 12.4. The van der Waals surface area contributed by atoms with E-state index in [0.29, 0.717) is 17.7 Å². The topological polar surface area (TPSA) is 104 Å². The Balaban J connectivity index is 1.75. The lowest BCUT2D eigenvalue weighted by Gasteiger charge is -2.19. The third-order valence-corrected chi connectivity index (χ3v) is 5.69. The minimum atomic E-state index is -3.81. The van der Waals surface area contributed by atoms with Crippen molar-refractivity contribution in [1.82, 2.24) is 10.0 Å². The van der Waals surface area contributed by atoms with Gasteiger partial charge < -0.3 is 10.6 Å². The molecule has 3 N–H and O–H groups in total. The average Bonchev–Trinajstić information content (AvgIpc) is 2.77. The molecule has 0 fully saturated rings. The van der Waals surface area contributed by atoms with Crippen LogP contribution >= 0.6 is 0 Å². The standard InChI is InChI=1S/C24H26FN3O4S/c1-3-16-10-11-20(25)15-22(16)26-13-12-21(24(30)28-33(2,31)32)27-23(29)19-9-8-17-6-4-5-7-18(17)14-19/h4-11,14-15,21,26H,3,12-13H2,1-2H3,(H,27,29)(H,28,30). The molecular weight excluding hydrogens is 445 g/mol. The van der Waals surface area contributed by atoms with Crippen LogP contribution in [-0.2, 0) is 21.2 Å². The van der Waals surface area contributed by atoms with Crippen LogP contribution in [0.4, 0.5) is 10.1 Å². The number of fused-ring (bicyclic) bond motifs is 1. The lowest BCUT2D eigenvalue weighted by atomic mass is 10.1. The van der Waals surface area contributed by atoms with Crippen molar-refractivity contribution in [1.29, 1.82) is 0 Å². The summed E-state index contributed by atoms with van der Waals surface area (Å²) in [6, 6.07) is 16.0. The summed E-state index contributed by atoms with van der Waals surface area (Å²) in [6.07, 6.45) is 1.63. The largest absolute Gasteiger partial charge is 0.385 e. The van der Waals surface area contributed by atoms with Crippen LogP contribution in [0.1, 0.15) is 29.3 Å². The first-order chi connectivity index (χ1) is 15.7. The van der Waals surface area contributed by atoms with Crippen molar-refractivity contribution >= 4 is 38.3 Å². The summed E-state index contributed by atoms with van der Waals surface area (Å²) in [4.78, 5) is 25.4. The van der Waals surface area contributed by atoms with Gasteiger partial charge in [-0.2, -0.15) is 0 Å². The fourth-order valence-corrected chi connectivity index (χ4v) is 3.98. The van der Waals surface area contributed by atoms with Crippen LogP contribution in [-0.4, -0.2) is 39.1 Å². The van der Waals surface area contributed by atoms with Gasteiger partial charge in [-0.3, -0.25) is 14.3 Å². The monoisotopic (exact) mass is 471 g/mol. The maximum atomic E-state index is 13.6. The molecule has 0 aromatic heterocycles. The van der Waals surface area contributed by atoms with Crippen molar-refractivity contribution < 1.29 is 22.4 Å². The molecule has 7 nitrogen and oxygen atoms in total. The molecule has 0 saturated carbocycles. The molecule has 3 aromatic carbocycles. The first kappa shape index (κ1) is 24.2. The molecule has 33 heavy (non-hydrogen) atoms. The number of nitrogens with one attached hydrogen (secondary N) is 3. The highest BCUT2D eigenvalue weighted by molar-refractivity contribution is 7.89. The molecule has 0 aliphatic heterocycles. The van der Waals surface area contributed by atoms with Gasteiger partial charge in [0.1, 0.15) is 11.9 Å². The van der Waals surface area contributed by atoms with E-state index in [2.05, 4.69) is 10.6 Å². The molecule has 0 heterocycles. The number of carbonyl (C=O) groups excluding carboxylic acids is 2. The van der Waals surface area contributed by atoms with Crippen molar-refractivity contribution in [3.05, 3.63) is 77.6 Å². The van der Waals surface area contributed by atoms with Gasteiger partial charge in [-0.05, 0) is 53.4 Å². The number of aryl methyl sites for hydroxylation is 1. The molecule has 1 atom stereocenters. The Morgan fingerprint density at radius 2 is 1.73 bits per heavy atom. The van der Waals surface area contributed by atoms with E-state index in [1.165, 1.54) is 12.1 Å². The number of anilines is 1. The van der Waals surface area contributed by atoms with Crippen LogP contribution in [0.25, 0.3) is 10.8 Å². The molecule has 0 saturated heterocycles. The molecule has 0 radical (unpaired) electrons. The molecule has 1 unspecified atom stereocenters. The number of carbonyl (C=O) groups is 2. The van der Waals surface area contributed by atoms with Crippen LogP contribution in [0.3, 0.4) is 0 Å². The Hall–Kier alpha value is -3.46. The van der Waals surface area contributed by atoms with E-state index >= 15 is 0 Å². The molecule has 9 heteroatoms. The Kier molecular flexibility index (Phi) is 7.65. The summed E-state index contributed by atoms with van der Waals surface area (Å²) in [7, 11) is -3.81. The number of hydrogen-bond acceptors (Lipinski definition) is 5. The predicted molar refractivity (Wildman–Crippen MR) is 127 cm³/mol. The van der Waals surface area contributed by atoms with Gasteiger partial charge in [0.25, 0.3) is 11.8 Å². The number of amides is 2. The number of rotatable bonds is 9. The molecule has 3 aromatic rings. The second-order valence-electron chi connectivity index (χ2n) is 7.70. The smallest absolute Gasteiger partial charge is 0.256 e. The van der Waals surface area contributed by atoms with Crippen molar-refractivity contribution in [2.75, 3.05) is 18.1 Å². The fraction of sp³-hybridized carbons (Fsp3) is 0.250. The highest BCUT2D eigenvalue weighted by atomic mass is 32.2. The normalized spacial score (nSPS) is 12.2. The van der Waals surface area contributed by atoms with Gasteiger partial charge in [0.05, 0.1) is 6.26 Å². The summed E-state index contributed by atoms with van der Waals surface area (Å²) in [5.74, 6) is -1.75. The quantitative estimate of drug-likeness (QED) is 0.445. The zero-order chi connectivity index (χ0) is 24.0. The highest BCUT2D eigenvalue weighted by Crippen LogP contribution is 2.18.